The van der Waals surface area contributed by atoms with Crippen LogP contribution in [0.3, 0.4) is 0 Å². The highest BCUT2D eigenvalue weighted by Crippen LogP contribution is 2.29. The molecule has 1 fully saturated rings. The number of methoxy groups -OCH3 is 1. The molecule has 17 heavy (non-hydrogen) atoms. The van der Waals surface area contributed by atoms with E-state index in [1.807, 2.05) is 12.1 Å². The van der Waals surface area contributed by atoms with Gasteiger partial charge in [-0.25, -0.2) is 4.79 Å². The van der Waals surface area contributed by atoms with Crippen LogP contribution in [0, 0.1) is 0 Å². The van der Waals surface area contributed by atoms with Crippen LogP contribution in [0.2, 0.25) is 0 Å². The molecule has 1 aromatic rings. The number of rotatable bonds is 3. The Morgan fingerprint density at radius 3 is 2.71 bits per heavy atom. The highest BCUT2D eigenvalue weighted by atomic mass is 79.9. The zero-order chi connectivity index (χ0) is 12.3. The summed E-state index contributed by atoms with van der Waals surface area (Å²) in [5, 5.41) is 0. The third kappa shape index (κ3) is 3.00. The van der Waals surface area contributed by atoms with Gasteiger partial charge in [0.1, 0.15) is 11.3 Å². The largest absolute Gasteiger partial charge is 0.490 e. The molecule has 0 radical (unpaired) electrons. The van der Waals surface area contributed by atoms with Crippen molar-refractivity contribution in [1.82, 2.24) is 0 Å². The van der Waals surface area contributed by atoms with E-state index < -0.39 is 0 Å². The molecule has 0 N–H and O–H groups in total. The lowest BCUT2D eigenvalue weighted by Gasteiger charge is -2.15. The minimum atomic E-state index is -0.362. The van der Waals surface area contributed by atoms with Gasteiger partial charge in [-0.3, -0.25) is 0 Å². The summed E-state index contributed by atoms with van der Waals surface area (Å²) in [6.07, 6.45) is 4.77. The van der Waals surface area contributed by atoms with E-state index in [1.54, 1.807) is 6.07 Å². The first-order chi connectivity index (χ1) is 8.20. The molecule has 0 heterocycles. The number of ether oxygens (including phenoxy) is 2. The Labute approximate surface area is 109 Å². The van der Waals surface area contributed by atoms with Crippen LogP contribution in [0.1, 0.15) is 36.0 Å². The third-order valence-corrected chi connectivity index (χ3v) is 3.44. The number of halogens is 1. The summed E-state index contributed by atoms with van der Waals surface area (Å²) in [7, 11) is 1.38. The minimum absolute atomic E-state index is 0.236. The first kappa shape index (κ1) is 12.4. The first-order valence-corrected chi connectivity index (χ1v) is 6.54. The molecule has 4 heteroatoms. The van der Waals surface area contributed by atoms with Crippen LogP contribution >= 0.6 is 15.9 Å². The van der Waals surface area contributed by atoms with Crippen LogP contribution < -0.4 is 4.74 Å². The SMILES string of the molecule is COC(=O)c1cc(Br)ccc1OC1CCCC1. The highest BCUT2D eigenvalue weighted by Gasteiger charge is 2.20. The lowest BCUT2D eigenvalue weighted by Crippen LogP contribution is -2.14. The number of carbonyl (C=O) groups is 1. The molecule has 0 spiro atoms. The van der Waals surface area contributed by atoms with Gasteiger partial charge in [0.2, 0.25) is 0 Å². The maximum atomic E-state index is 11.6. The summed E-state index contributed by atoms with van der Waals surface area (Å²) >= 11 is 3.34. The Bertz CT molecular complexity index is 411. The average molecular weight is 299 g/mol. The van der Waals surface area contributed by atoms with Crippen LogP contribution in [0.25, 0.3) is 0 Å². The van der Waals surface area contributed by atoms with Crippen molar-refractivity contribution in [3.63, 3.8) is 0 Å². The van der Waals surface area contributed by atoms with Crippen LogP contribution in [0.5, 0.6) is 5.75 Å². The van der Waals surface area contributed by atoms with Crippen molar-refractivity contribution in [3.05, 3.63) is 28.2 Å². The van der Waals surface area contributed by atoms with Crippen molar-refractivity contribution in [1.29, 1.82) is 0 Å². The summed E-state index contributed by atoms with van der Waals surface area (Å²) in [6.45, 7) is 0. The molecule has 3 nitrogen and oxygen atoms in total. The predicted octanol–water partition coefficient (Wildman–Crippen LogP) is 3.56. The lowest BCUT2D eigenvalue weighted by atomic mass is 10.2. The molecule has 1 aromatic carbocycles. The standard InChI is InChI=1S/C13H15BrO3/c1-16-13(15)11-8-9(14)6-7-12(11)17-10-4-2-3-5-10/h6-8,10H,2-5H2,1H3. The maximum Gasteiger partial charge on any atom is 0.341 e. The molecule has 1 saturated carbocycles. The van der Waals surface area contributed by atoms with Gasteiger partial charge in [-0.15, -0.1) is 0 Å². The molecule has 1 aliphatic carbocycles. The van der Waals surface area contributed by atoms with Gasteiger partial charge >= 0.3 is 5.97 Å². The van der Waals surface area contributed by atoms with E-state index >= 15 is 0 Å². The molecule has 2 rings (SSSR count). The molecule has 0 atom stereocenters. The van der Waals surface area contributed by atoms with Gasteiger partial charge in [-0.05, 0) is 43.9 Å². The van der Waals surface area contributed by atoms with Crippen LogP contribution in [-0.4, -0.2) is 19.2 Å². The Kier molecular flexibility index (Phi) is 4.05. The summed E-state index contributed by atoms with van der Waals surface area (Å²) in [6, 6.07) is 5.42. The second-order valence-corrected chi connectivity index (χ2v) is 5.07. The van der Waals surface area contributed by atoms with Crippen molar-refractivity contribution in [3.8, 4) is 5.75 Å². The summed E-state index contributed by atoms with van der Waals surface area (Å²) < 4.78 is 11.5. The van der Waals surface area contributed by atoms with Gasteiger partial charge in [0, 0.05) is 4.47 Å². The van der Waals surface area contributed by atoms with Gasteiger partial charge in [0.05, 0.1) is 13.2 Å². The second kappa shape index (κ2) is 5.54. The van der Waals surface area contributed by atoms with Crippen LogP contribution in [0.15, 0.2) is 22.7 Å². The highest BCUT2D eigenvalue weighted by molar-refractivity contribution is 9.10. The van der Waals surface area contributed by atoms with Crippen LogP contribution in [-0.2, 0) is 4.74 Å². The van der Waals surface area contributed by atoms with Gasteiger partial charge in [0.15, 0.2) is 0 Å². The zero-order valence-electron chi connectivity index (χ0n) is 9.74. The quantitative estimate of drug-likeness (QED) is 0.801. The van der Waals surface area contributed by atoms with Crippen molar-refractivity contribution in [2.24, 2.45) is 0 Å². The average Bonchev–Trinajstić information content (AvgIpc) is 2.83. The Hall–Kier alpha value is -1.03. The third-order valence-electron chi connectivity index (χ3n) is 2.94. The number of hydrogen-bond acceptors (Lipinski definition) is 3. The van der Waals surface area contributed by atoms with Crippen molar-refractivity contribution < 1.29 is 14.3 Å². The van der Waals surface area contributed by atoms with Gasteiger partial charge in [-0.1, -0.05) is 15.9 Å². The van der Waals surface area contributed by atoms with Gasteiger partial charge in [-0.2, -0.15) is 0 Å². The molecule has 0 bridgehead atoms. The molecule has 0 aromatic heterocycles. The van der Waals surface area contributed by atoms with Crippen molar-refractivity contribution in [2.45, 2.75) is 31.8 Å². The molecule has 0 unspecified atom stereocenters. The zero-order valence-corrected chi connectivity index (χ0v) is 11.3. The summed E-state index contributed by atoms with van der Waals surface area (Å²) in [5.74, 6) is 0.256. The Balaban J connectivity index is 2.22. The van der Waals surface area contributed by atoms with E-state index in [0.717, 1.165) is 17.3 Å². The minimum Gasteiger partial charge on any atom is -0.490 e. The smallest absolute Gasteiger partial charge is 0.341 e. The van der Waals surface area contributed by atoms with E-state index in [9.17, 15) is 4.79 Å². The monoisotopic (exact) mass is 298 g/mol. The number of benzene rings is 1. The van der Waals surface area contributed by atoms with E-state index in [1.165, 1.54) is 20.0 Å². The molecular formula is C13H15BrO3. The van der Waals surface area contributed by atoms with E-state index in [4.69, 9.17) is 9.47 Å². The van der Waals surface area contributed by atoms with E-state index in [-0.39, 0.29) is 12.1 Å². The van der Waals surface area contributed by atoms with E-state index in [2.05, 4.69) is 15.9 Å². The van der Waals surface area contributed by atoms with Crippen molar-refractivity contribution in [2.75, 3.05) is 7.11 Å². The number of carbonyl (C=O) groups excluding carboxylic acids is 1. The van der Waals surface area contributed by atoms with Crippen molar-refractivity contribution >= 4 is 21.9 Å². The van der Waals surface area contributed by atoms with E-state index in [0.29, 0.717) is 11.3 Å². The molecule has 1 aliphatic rings. The maximum absolute atomic E-state index is 11.6. The molecule has 0 saturated heterocycles. The summed E-state index contributed by atoms with van der Waals surface area (Å²) in [4.78, 5) is 11.6. The Morgan fingerprint density at radius 1 is 1.35 bits per heavy atom. The topological polar surface area (TPSA) is 35.5 Å². The lowest BCUT2D eigenvalue weighted by molar-refractivity contribution is 0.0593. The fraction of sp³-hybridized carbons (Fsp3) is 0.462. The second-order valence-electron chi connectivity index (χ2n) is 4.16. The van der Waals surface area contributed by atoms with Gasteiger partial charge < -0.3 is 9.47 Å². The normalized spacial score (nSPS) is 15.9. The molecule has 92 valence electrons. The molecule has 0 amide bonds. The molecular weight excluding hydrogens is 284 g/mol. The fourth-order valence-electron chi connectivity index (χ4n) is 2.06. The predicted molar refractivity (Wildman–Crippen MR) is 68.4 cm³/mol. The molecule has 0 aliphatic heterocycles. The van der Waals surface area contributed by atoms with Crippen LogP contribution in [0.4, 0.5) is 0 Å². The Morgan fingerprint density at radius 2 is 2.06 bits per heavy atom. The van der Waals surface area contributed by atoms with Gasteiger partial charge in [0.25, 0.3) is 0 Å². The fourth-order valence-corrected chi connectivity index (χ4v) is 2.42. The first-order valence-electron chi connectivity index (χ1n) is 5.75. The number of hydrogen-bond donors (Lipinski definition) is 0. The summed E-state index contributed by atoms with van der Waals surface area (Å²) in [5.41, 5.74) is 0.480. The number of esters is 1.